The molecule has 11 heteroatoms. The number of imidazole rings is 1. The van der Waals surface area contributed by atoms with Crippen molar-refractivity contribution in [3.63, 3.8) is 0 Å². The summed E-state index contributed by atoms with van der Waals surface area (Å²) in [5.41, 5.74) is -0.521. The molecule has 1 fully saturated rings. The number of H-pyrrole nitrogens is 1. The molecule has 2 aromatic rings. The van der Waals surface area contributed by atoms with Crippen LogP contribution in [-0.2, 0) is 9.53 Å². The highest BCUT2D eigenvalue weighted by atomic mass is 16.6. The molecule has 0 radical (unpaired) electrons. The molecule has 3 heterocycles. The van der Waals surface area contributed by atoms with Crippen LogP contribution in [0.5, 0.6) is 0 Å². The predicted molar refractivity (Wildman–Crippen MR) is 84.6 cm³/mol. The highest BCUT2D eigenvalue weighted by Crippen LogP contribution is 2.30. The lowest BCUT2D eigenvalue weighted by molar-refractivity contribution is -0.118. The molecule has 3 rings (SSSR count). The number of anilines is 1. The second kappa shape index (κ2) is 6.52. The van der Waals surface area contributed by atoms with E-state index in [9.17, 15) is 24.9 Å². The third kappa shape index (κ3) is 3.02. The van der Waals surface area contributed by atoms with Gasteiger partial charge < -0.3 is 20.1 Å². The van der Waals surface area contributed by atoms with E-state index in [2.05, 4.69) is 20.3 Å². The van der Waals surface area contributed by atoms with E-state index in [-0.39, 0.29) is 28.9 Å². The lowest BCUT2D eigenvalue weighted by Crippen LogP contribution is -2.33. The molecule has 136 valence electrons. The van der Waals surface area contributed by atoms with E-state index >= 15 is 0 Å². The van der Waals surface area contributed by atoms with Crippen LogP contribution in [0, 0.1) is 5.92 Å². The van der Waals surface area contributed by atoms with Crippen molar-refractivity contribution in [1.82, 2.24) is 19.5 Å². The zero-order chi connectivity index (χ0) is 18.3. The molecular formula is C14H19N5O6. The number of amides is 1. The molecule has 1 aliphatic heterocycles. The average molecular weight is 353 g/mol. The summed E-state index contributed by atoms with van der Waals surface area (Å²) >= 11 is 0. The largest absolute Gasteiger partial charge is 0.394 e. The first kappa shape index (κ1) is 17.5. The zero-order valence-corrected chi connectivity index (χ0v) is 13.6. The molecule has 0 unspecified atom stereocenters. The number of aromatic amines is 1. The Hall–Kier alpha value is -2.34. The van der Waals surface area contributed by atoms with Gasteiger partial charge in [-0.3, -0.25) is 24.5 Å². The van der Waals surface area contributed by atoms with Crippen LogP contribution < -0.4 is 10.9 Å². The average Bonchev–Trinajstić information content (AvgIpc) is 3.10. The Morgan fingerprint density at radius 3 is 2.76 bits per heavy atom. The molecule has 5 N–H and O–H groups in total. The molecule has 0 aliphatic carbocycles. The van der Waals surface area contributed by atoms with Crippen LogP contribution >= 0.6 is 0 Å². The normalized spacial score (nSPS) is 26.5. The molecule has 4 atom stereocenters. The molecule has 0 aromatic carbocycles. The number of fused-ring (bicyclic) bond motifs is 1. The summed E-state index contributed by atoms with van der Waals surface area (Å²) < 4.78 is 6.70. The number of carbonyl (C=O) groups is 1. The summed E-state index contributed by atoms with van der Waals surface area (Å²) in [6, 6.07) is 0. The van der Waals surface area contributed by atoms with Crippen molar-refractivity contribution in [2.75, 3.05) is 11.9 Å². The monoisotopic (exact) mass is 353 g/mol. The molecule has 0 bridgehead atoms. The fourth-order valence-corrected chi connectivity index (χ4v) is 2.54. The van der Waals surface area contributed by atoms with Gasteiger partial charge in [0.2, 0.25) is 11.9 Å². The van der Waals surface area contributed by atoms with Crippen LogP contribution in [0.2, 0.25) is 0 Å². The van der Waals surface area contributed by atoms with Crippen molar-refractivity contribution in [2.45, 2.75) is 38.4 Å². The number of aliphatic hydroxyl groups excluding tert-OH is 3. The van der Waals surface area contributed by atoms with E-state index in [1.165, 1.54) is 10.9 Å². The number of hydrogen-bond donors (Lipinski definition) is 5. The fraction of sp³-hybridized carbons (Fsp3) is 0.571. The van der Waals surface area contributed by atoms with Crippen molar-refractivity contribution in [3.8, 4) is 0 Å². The minimum Gasteiger partial charge on any atom is -0.394 e. The summed E-state index contributed by atoms with van der Waals surface area (Å²) in [5.74, 6) is -0.711. The fourth-order valence-electron chi connectivity index (χ4n) is 2.54. The number of aliphatic hydroxyl groups is 3. The second-order valence-corrected chi connectivity index (χ2v) is 6.11. The summed E-state index contributed by atoms with van der Waals surface area (Å²) in [5, 5.41) is 31.7. The number of hydrogen-bond acceptors (Lipinski definition) is 8. The van der Waals surface area contributed by atoms with Crippen LogP contribution in [0.3, 0.4) is 0 Å². The highest BCUT2D eigenvalue weighted by Gasteiger charge is 2.44. The minimum absolute atomic E-state index is 0.0136. The highest BCUT2D eigenvalue weighted by molar-refractivity contribution is 5.91. The summed E-state index contributed by atoms with van der Waals surface area (Å²) in [6.45, 7) is 2.90. The van der Waals surface area contributed by atoms with E-state index in [0.717, 1.165) is 0 Å². The molecule has 0 spiro atoms. The van der Waals surface area contributed by atoms with Crippen molar-refractivity contribution >= 4 is 23.0 Å². The number of nitrogens with one attached hydrogen (secondary N) is 2. The molecule has 1 aliphatic rings. The standard InChI is InChI=1S/C14H19N5O6/c1-5(2)11(23)17-14-16-10-7(12(24)18-14)15-4-19(10)13-9(22)8(21)6(3-20)25-13/h4-6,8-9,13,20-22H,3H2,1-2H3,(H2,16,17,18,23,24)/t6-,8+,9-,13+/m0/s1. The first-order valence-corrected chi connectivity index (χ1v) is 7.73. The maximum atomic E-state index is 12.1. The van der Waals surface area contributed by atoms with Gasteiger partial charge >= 0.3 is 0 Å². The SMILES string of the molecule is CC(C)C(=O)Nc1nc2c(ncn2[C@@H]2O[C@@H](CO)[C@@H](O)[C@@H]2O)c(=O)[nH]1. The number of rotatable bonds is 4. The predicted octanol–water partition coefficient (Wildman–Crippen LogP) is -1.67. The Kier molecular flexibility index (Phi) is 4.56. The molecule has 25 heavy (non-hydrogen) atoms. The van der Waals surface area contributed by atoms with Crippen LogP contribution in [0.25, 0.3) is 11.2 Å². The topological polar surface area (TPSA) is 163 Å². The summed E-state index contributed by atoms with van der Waals surface area (Å²) in [7, 11) is 0. The van der Waals surface area contributed by atoms with Gasteiger partial charge in [0.15, 0.2) is 17.4 Å². The smallest absolute Gasteiger partial charge is 0.280 e. The van der Waals surface area contributed by atoms with E-state index in [1.807, 2.05) is 0 Å². The molecule has 11 nitrogen and oxygen atoms in total. The Labute approximate surface area is 141 Å². The molecule has 2 aromatic heterocycles. The van der Waals surface area contributed by atoms with Gasteiger partial charge in [-0.1, -0.05) is 13.8 Å². The Bertz CT molecular complexity index is 846. The van der Waals surface area contributed by atoms with Gasteiger partial charge in [-0.15, -0.1) is 0 Å². The Balaban J connectivity index is 2.01. The van der Waals surface area contributed by atoms with Gasteiger partial charge in [0.25, 0.3) is 5.56 Å². The van der Waals surface area contributed by atoms with Gasteiger partial charge in [0, 0.05) is 5.92 Å². The maximum Gasteiger partial charge on any atom is 0.280 e. The quantitative estimate of drug-likeness (QED) is 0.435. The lowest BCUT2D eigenvalue weighted by Gasteiger charge is -2.16. The molecule has 1 saturated heterocycles. The maximum absolute atomic E-state index is 12.1. The van der Waals surface area contributed by atoms with Crippen LogP contribution in [0.1, 0.15) is 20.1 Å². The third-order valence-corrected chi connectivity index (χ3v) is 3.99. The number of nitrogens with zero attached hydrogens (tertiary/aromatic N) is 3. The number of aromatic nitrogens is 4. The first-order chi connectivity index (χ1) is 11.8. The minimum atomic E-state index is -1.34. The van der Waals surface area contributed by atoms with Gasteiger partial charge in [-0.25, -0.2) is 4.98 Å². The number of ether oxygens (including phenoxy) is 1. The van der Waals surface area contributed by atoms with Gasteiger partial charge in [-0.05, 0) is 0 Å². The number of carbonyl (C=O) groups excluding carboxylic acids is 1. The van der Waals surface area contributed by atoms with E-state index in [0.29, 0.717) is 0 Å². The zero-order valence-electron chi connectivity index (χ0n) is 13.6. The first-order valence-electron chi connectivity index (χ1n) is 7.73. The summed E-state index contributed by atoms with van der Waals surface area (Å²) in [4.78, 5) is 34.4. The van der Waals surface area contributed by atoms with Crippen LogP contribution in [0.15, 0.2) is 11.1 Å². The second-order valence-electron chi connectivity index (χ2n) is 6.11. The van der Waals surface area contributed by atoms with Crippen molar-refractivity contribution in [2.24, 2.45) is 5.92 Å². The molecule has 0 saturated carbocycles. The van der Waals surface area contributed by atoms with Gasteiger partial charge in [-0.2, -0.15) is 4.98 Å². The van der Waals surface area contributed by atoms with E-state index < -0.39 is 36.7 Å². The third-order valence-electron chi connectivity index (χ3n) is 3.99. The summed E-state index contributed by atoms with van der Waals surface area (Å²) in [6.07, 6.45) is -3.46. The van der Waals surface area contributed by atoms with E-state index in [4.69, 9.17) is 4.74 Å². The van der Waals surface area contributed by atoms with Crippen molar-refractivity contribution in [1.29, 1.82) is 0 Å². The lowest BCUT2D eigenvalue weighted by atomic mass is 10.1. The van der Waals surface area contributed by atoms with Crippen molar-refractivity contribution < 1.29 is 24.9 Å². The Morgan fingerprint density at radius 2 is 2.16 bits per heavy atom. The molecule has 1 amide bonds. The van der Waals surface area contributed by atoms with E-state index in [1.54, 1.807) is 13.8 Å². The van der Waals surface area contributed by atoms with Crippen LogP contribution in [0.4, 0.5) is 5.95 Å². The Morgan fingerprint density at radius 1 is 1.44 bits per heavy atom. The van der Waals surface area contributed by atoms with Gasteiger partial charge in [0.1, 0.15) is 18.3 Å². The molecular weight excluding hydrogens is 334 g/mol. The van der Waals surface area contributed by atoms with Gasteiger partial charge in [0.05, 0.1) is 12.9 Å². The van der Waals surface area contributed by atoms with Crippen molar-refractivity contribution in [3.05, 3.63) is 16.7 Å². The van der Waals surface area contributed by atoms with Crippen LogP contribution in [-0.4, -0.2) is 65.7 Å².